The number of nitrogens with zero attached hydrogens (tertiary/aromatic N) is 4. The zero-order valence-corrected chi connectivity index (χ0v) is 22.6. The van der Waals surface area contributed by atoms with E-state index in [0.717, 1.165) is 36.8 Å². The quantitative estimate of drug-likeness (QED) is 0.255. The number of sulfonamides is 1. The van der Waals surface area contributed by atoms with Gasteiger partial charge < -0.3 is 20.3 Å². The Kier molecular flexibility index (Phi) is 7.22. The van der Waals surface area contributed by atoms with Crippen molar-refractivity contribution in [1.82, 2.24) is 19.5 Å². The molecule has 0 atom stereocenters. The molecule has 1 saturated carbocycles. The van der Waals surface area contributed by atoms with Gasteiger partial charge in [-0.15, -0.1) is 0 Å². The molecule has 2 heterocycles. The van der Waals surface area contributed by atoms with Crippen molar-refractivity contribution in [2.75, 3.05) is 15.4 Å². The van der Waals surface area contributed by atoms with E-state index in [0.29, 0.717) is 40.8 Å². The Morgan fingerprint density at radius 1 is 1.03 bits per heavy atom. The Bertz CT molecular complexity index is 1540. The predicted octanol–water partition coefficient (Wildman–Crippen LogP) is 4.72. The molecule has 0 unspecified atom stereocenters. The summed E-state index contributed by atoms with van der Waals surface area (Å²) < 4.78 is 30.6. The summed E-state index contributed by atoms with van der Waals surface area (Å²) in [5.41, 5.74) is 4.50. The monoisotopic (exact) mass is 535 g/mol. The highest BCUT2D eigenvalue weighted by atomic mass is 32.2. The largest absolute Gasteiger partial charge is 0.393 e. The van der Waals surface area contributed by atoms with Crippen LogP contribution in [0.15, 0.2) is 53.7 Å². The van der Waals surface area contributed by atoms with Gasteiger partial charge in [0, 0.05) is 18.3 Å². The van der Waals surface area contributed by atoms with E-state index in [1.807, 2.05) is 37.5 Å². The molecule has 38 heavy (non-hydrogen) atoms. The first kappa shape index (κ1) is 25.9. The molecule has 1 aliphatic carbocycles. The average molecular weight is 536 g/mol. The molecule has 1 aliphatic rings. The second kappa shape index (κ2) is 10.6. The fourth-order valence-electron chi connectivity index (χ4n) is 4.72. The first-order chi connectivity index (χ1) is 18.2. The smallest absolute Gasteiger partial charge is 0.261 e. The number of benzene rings is 2. The van der Waals surface area contributed by atoms with E-state index in [1.165, 1.54) is 0 Å². The normalized spacial score (nSPS) is 17.9. The van der Waals surface area contributed by atoms with Gasteiger partial charge in [0.2, 0.25) is 5.95 Å². The lowest BCUT2D eigenvalue weighted by Crippen LogP contribution is -2.29. The summed E-state index contributed by atoms with van der Waals surface area (Å²) in [4.78, 5) is 14.1. The number of fused-ring (bicyclic) bond motifs is 1. The fourth-order valence-corrected chi connectivity index (χ4v) is 5.85. The van der Waals surface area contributed by atoms with E-state index >= 15 is 0 Å². The standard InChI is InChI=1S/C27H33N7O3S/c1-4-34-16-28-24-25(31-27(32-26(24)34)30-20-6-10-21(35)11-7-20)29-19-8-12-22(13-9-19)38(36,37)33-23-14-5-17(2)15-18(23)3/h5,8-9,12-16,20-21,33,35H,4,6-7,10-11H2,1-3H3,(H2,29,30,31,32)/t20-,21-. The van der Waals surface area contributed by atoms with E-state index in [4.69, 9.17) is 9.97 Å². The highest BCUT2D eigenvalue weighted by molar-refractivity contribution is 7.92. The van der Waals surface area contributed by atoms with Crippen molar-refractivity contribution in [2.45, 2.75) is 70.0 Å². The van der Waals surface area contributed by atoms with Gasteiger partial charge >= 0.3 is 0 Å². The summed E-state index contributed by atoms with van der Waals surface area (Å²) in [5.74, 6) is 1.03. The molecular weight excluding hydrogens is 502 g/mol. The molecule has 11 heteroatoms. The van der Waals surface area contributed by atoms with Crippen molar-refractivity contribution in [2.24, 2.45) is 0 Å². The van der Waals surface area contributed by atoms with Gasteiger partial charge in [-0.05, 0) is 82.3 Å². The Hall–Kier alpha value is -3.70. The molecule has 0 spiro atoms. The summed E-state index contributed by atoms with van der Waals surface area (Å²) >= 11 is 0. The van der Waals surface area contributed by atoms with Crippen molar-refractivity contribution in [3.05, 3.63) is 59.9 Å². The van der Waals surface area contributed by atoms with Gasteiger partial charge in [-0.3, -0.25) is 4.72 Å². The van der Waals surface area contributed by atoms with Crippen LogP contribution in [0.1, 0.15) is 43.7 Å². The molecule has 1 fully saturated rings. The number of hydrogen-bond donors (Lipinski definition) is 4. The third-order valence-corrected chi connectivity index (χ3v) is 8.27. The van der Waals surface area contributed by atoms with Crippen molar-refractivity contribution in [1.29, 1.82) is 0 Å². The zero-order chi connectivity index (χ0) is 26.9. The highest BCUT2D eigenvalue weighted by Crippen LogP contribution is 2.28. The maximum absolute atomic E-state index is 13.0. The van der Waals surface area contributed by atoms with Crippen LogP contribution in [0.2, 0.25) is 0 Å². The van der Waals surface area contributed by atoms with Crippen LogP contribution in [0.3, 0.4) is 0 Å². The summed E-state index contributed by atoms with van der Waals surface area (Å²) in [6.45, 7) is 6.58. The van der Waals surface area contributed by atoms with Crippen LogP contribution < -0.4 is 15.4 Å². The first-order valence-electron chi connectivity index (χ1n) is 12.9. The van der Waals surface area contributed by atoms with Crippen LogP contribution in [0.25, 0.3) is 11.2 Å². The van der Waals surface area contributed by atoms with Crippen LogP contribution >= 0.6 is 0 Å². The molecule has 0 bridgehead atoms. The third-order valence-electron chi connectivity index (χ3n) is 6.89. The second-order valence-electron chi connectivity index (χ2n) is 9.82. The lowest BCUT2D eigenvalue weighted by molar-refractivity contribution is 0.126. The minimum atomic E-state index is -3.75. The molecule has 10 nitrogen and oxygen atoms in total. The van der Waals surface area contributed by atoms with E-state index in [9.17, 15) is 13.5 Å². The van der Waals surface area contributed by atoms with E-state index in [1.54, 1.807) is 36.7 Å². The molecule has 0 saturated heterocycles. The maximum atomic E-state index is 13.0. The average Bonchev–Trinajstić information content (AvgIpc) is 3.31. The van der Waals surface area contributed by atoms with E-state index < -0.39 is 10.0 Å². The summed E-state index contributed by atoms with van der Waals surface area (Å²) in [7, 11) is -3.75. The Morgan fingerprint density at radius 2 is 1.76 bits per heavy atom. The number of aromatic nitrogens is 4. The van der Waals surface area contributed by atoms with Crippen LogP contribution in [0.5, 0.6) is 0 Å². The molecular formula is C27H33N7O3S. The van der Waals surface area contributed by atoms with Crippen LogP contribution in [0, 0.1) is 13.8 Å². The van der Waals surface area contributed by atoms with Crippen molar-refractivity contribution in [3.8, 4) is 0 Å². The van der Waals surface area contributed by atoms with Crippen molar-refractivity contribution < 1.29 is 13.5 Å². The number of aliphatic hydroxyl groups excluding tert-OH is 1. The number of rotatable bonds is 8. The van der Waals surface area contributed by atoms with Crippen LogP contribution in [-0.4, -0.2) is 45.2 Å². The van der Waals surface area contributed by atoms with Crippen molar-refractivity contribution in [3.63, 3.8) is 0 Å². The fraction of sp³-hybridized carbons (Fsp3) is 0.370. The van der Waals surface area contributed by atoms with Gasteiger partial charge in [0.15, 0.2) is 17.0 Å². The molecule has 0 amide bonds. The van der Waals surface area contributed by atoms with Crippen LogP contribution in [0.4, 0.5) is 23.1 Å². The zero-order valence-electron chi connectivity index (χ0n) is 21.8. The predicted molar refractivity (Wildman–Crippen MR) is 149 cm³/mol. The Balaban J connectivity index is 1.38. The molecule has 5 rings (SSSR count). The van der Waals surface area contributed by atoms with Gasteiger partial charge in [-0.1, -0.05) is 17.7 Å². The molecule has 4 aromatic rings. The minimum absolute atomic E-state index is 0.160. The van der Waals surface area contributed by atoms with E-state index in [2.05, 4.69) is 20.3 Å². The number of anilines is 4. The molecule has 2 aromatic heterocycles. The lowest BCUT2D eigenvalue weighted by atomic mass is 9.93. The summed E-state index contributed by atoms with van der Waals surface area (Å²) in [5, 5.41) is 16.5. The molecule has 0 aliphatic heterocycles. The highest BCUT2D eigenvalue weighted by Gasteiger charge is 2.22. The number of aryl methyl sites for hydroxylation is 3. The number of nitrogens with one attached hydrogen (secondary N) is 3. The molecule has 2 aromatic carbocycles. The number of hydrogen-bond acceptors (Lipinski definition) is 8. The third kappa shape index (κ3) is 5.58. The Morgan fingerprint density at radius 3 is 2.45 bits per heavy atom. The second-order valence-corrected chi connectivity index (χ2v) is 11.5. The van der Waals surface area contributed by atoms with Gasteiger partial charge in [0.05, 0.1) is 23.0 Å². The van der Waals surface area contributed by atoms with Crippen LogP contribution in [-0.2, 0) is 16.6 Å². The number of imidazole rings is 1. The molecule has 200 valence electrons. The van der Waals surface area contributed by atoms with Gasteiger partial charge in [-0.25, -0.2) is 13.4 Å². The SMILES string of the molecule is CCn1cnc2c(Nc3ccc(S(=O)(=O)Nc4ccc(C)cc4C)cc3)nc(N[C@H]3CC[C@H](O)CC3)nc21. The summed E-state index contributed by atoms with van der Waals surface area (Å²) in [6, 6.07) is 12.3. The minimum Gasteiger partial charge on any atom is -0.393 e. The number of aliphatic hydroxyl groups is 1. The lowest BCUT2D eigenvalue weighted by Gasteiger charge is -2.26. The maximum Gasteiger partial charge on any atom is 0.261 e. The van der Waals surface area contributed by atoms with Gasteiger partial charge in [-0.2, -0.15) is 9.97 Å². The summed E-state index contributed by atoms with van der Waals surface area (Å²) in [6.07, 6.45) is 4.71. The Labute approximate surface area is 222 Å². The van der Waals surface area contributed by atoms with Crippen molar-refractivity contribution >= 4 is 44.3 Å². The molecule has 4 N–H and O–H groups in total. The van der Waals surface area contributed by atoms with E-state index in [-0.39, 0.29) is 17.0 Å². The van der Waals surface area contributed by atoms with Gasteiger partial charge in [0.25, 0.3) is 10.0 Å². The topological polar surface area (TPSA) is 134 Å². The first-order valence-corrected chi connectivity index (χ1v) is 14.3. The molecule has 0 radical (unpaired) electrons. The van der Waals surface area contributed by atoms with Gasteiger partial charge in [0.1, 0.15) is 0 Å².